The molecule has 0 aliphatic rings. The maximum Gasteiger partial charge on any atom is 0.244 e. The molecular formula is C24H32ClN3O5S. The molecule has 0 fully saturated rings. The number of carbonyl (C=O) groups is 2. The predicted octanol–water partition coefficient (Wildman–Crippen LogP) is 3.36. The topological polar surface area (TPSA) is 96.0 Å². The highest BCUT2D eigenvalue weighted by Gasteiger charge is 2.30. The summed E-state index contributed by atoms with van der Waals surface area (Å²) in [5.74, 6) is -0.468. The average molecular weight is 510 g/mol. The Balaban J connectivity index is 2.42. The van der Waals surface area contributed by atoms with E-state index in [1.54, 1.807) is 6.92 Å². The second kappa shape index (κ2) is 11.6. The number of nitrogens with zero attached hydrogens (tertiary/aromatic N) is 2. The lowest BCUT2D eigenvalue weighted by molar-refractivity contribution is -0.139. The Labute approximate surface area is 206 Å². The zero-order chi connectivity index (χ0) is 25.6. The van der Waals surface area contributed by atoms with Crippen LogP contribution in [0.15, 0.2) is 42.5 Å². The number of benzene rings is 2. The highest BCUT2D eigenvalue weighted by molar-refractivity contribution is 7.92. The molecule has 0 unspecified atom stereocenters. The first-order chi connectivity index (χ1) is 15.8. The zero-order valence-electron chi connectivity index (χ0n) is 20.3. The number of rotatable bonds is 10. The Morgan fingerprint density at radius 2 is 1.79 bits per heavy atom. The summed E-state index contributed by atoms with van der Waals surface area (Å²) < 4.78 is 31.3. The third-order valence-corrected chi connectivity index (χ3v) is 6.57. The largest absolute Gasteiger partial charge is 0.495 e. The van der Waals surface area contributed by atoms with Crippen LogP contribution in [0.3, 0.4) is 0 Å². The summed E-state index contributed by atoms with van der Waals surface area (Å²) >= 11 is 6.19. The lowest BCUT2D eigenvalue weighted by Gasteiger charge is -2.32. The molecule has 2 aromatic carbocycles. The van der Waals surface area contributed by atoms with Crippen LogP contribution in [0.2, 0.25) is 5.02 Å². The van der Waals surface area contributed by atoms with Crippen LogP contribution in [0.5, 0.6) is 5.75 Å². The molecule has 0 aromatic heterocycles. The number of halogens is 1. The molecule has 0 saturated heterocycles. The summed E-state index contributed by atoms with van der Waals surface area (Å²) in [6.45, 7) is 6.87. The van der Waals surface area contributed by atoms with Gasteiger partial charge in [0, 0.05) is 12.6 Å². The molecule has 2 amide bonds. The summed E-state index contributed by atoms with van der Waals surface area (Å²) in [5, 5.41) is 3.02. The average Bonchev–Trinajstić information content (AvgIpc) is 2.74. The van der Waals surface area contributed by atoms with Gasteiger partial charge < -0.3 is 15.0 Å². The van der Waals surface area contributed by atoms with Crippen LogP contribution in [-0.2, 0) is 26.2 Å². The molecule has 186 valence electrons. The molecule has 1 atom stereocenters. The molecule has 0 spiro atoms. The van der Waals surface area contributed by atoms with Gasteiger partial charge in [-0.1, -0.05) is 41.4 Å². The Morgan fingerprint density at radius 1 is 1.12 bits per heavy atom. The second-order valence-corrected chi connectivity index (χ2v) is 10.8. The van der Waals surface area contributed by atoms with E-state index in [-0.39, 0.29) is 29.2 Å². The standard InChI is InChI=1S/C24H32ClN3O5S/c1-16(2)26-24(30)18(4)27(14-19-9-7-8-17(3)12-19)23(29)15-28(34(6,31)32)20-10-11-22(33-5)21(25)13-20/h7-13,16,18H,14-15H2,1-6H3,(H,26,30)/t18-/m0/s1. The van der Waals surface area contributed by atoms with Crippen molar-refractivity contribution in [2.24, 2.45) is 0 Å². The molecule has 2 aromatic rings. The van der Waals surface area contributed by atoms with Gasteiger partial charge in [-0.15, -0.1) is 0 Å². The van der Waals surface area contributed by atoms with Crippen molar-refractivity contribution in [2.45, 2.75) is 46.3 Å². The monoisotopic (exact) mass is 509 g/mol. The third kappa shape index (κ3) is 7.36. The number of aryl methyl sites for hydroxylation is 1. The maximum absolute atomic E-state index is 13.5. The van der Waals surface area contributed by atoms with E-state index in [2.05, 4.69) is 5.32 Å². The number of anilines is 1. The third-order valence-electron chi connectivity index (χ3n) is 5.14. The molecule has 0 aliphatic carbocycles. The van der Waals surface area contributed by atoms with Crippen LogP contribution >= 0.6 is 11.6 Å². The minimum Gasteiger partial charge on any atom is -0.495 e. The quantitative estimate of drug-likeness (QED) is 0.529. The van der Waals surface area contributed by atoms with Gasteiger partial charge in [-0.05, 0) is 51.5 Å². The van der Waals surface area contributed by atoms with Crippen molar-refractivity contribution >= 4 is 39.1 Å². The molecule has 2 rings (SSSR count). The van der Waals surface area contributed by atoms with E-state index < -0.39 is 28.5 Å². The van der Waals surface area contributed by atoms with Crippen molar-refractivity contribution in [3.05, 3.63) is 58.6 Å². The van der Waals surface area contributed by atoms with Gasteiger partial charge in [0.1, 0.15) is 18.3 Å². The summed E-state index contributed by atoms with van der Waals surface area (Å²) in [7, 11) is -2.39. The molecule has 0 radical (unpaired) electrons. The molecule has 10 heteroatoms. The lowest BCUT2D eigenvalue weighted by Crippen LogP contribution is -2.52. The van der Waals surface area contributed by atoms with E-state index in [9.17, 15) is 18.0 Å². The summed E-state index contributed by atoms with van der Waals surface area (Å²) in [5.41, 5.74) is 2.06. The Bertz CT molecular complexity index is 1140. The number of carbonyl (C=O) groups excluding carboxylic acids is 2. The van der Waals surface area contributed by atoms with Crippen LogP contribution in [-0.4, -0.2) is 57.1 Å². The highest BCUT2D eigenvalue weighted by atomic mass is 35.5. The Kier molecular flexibility index (Phi) is 9.35. The lowest BCUT2D eigenvalue weighted by atomic mass is 10.1. The molecule has 0 saturated carbocycles. The Morgan fingerprint density at radius 3 is 2.32 bits per heavy atom. The van der Waals surface area contributed by atoms with E-state index in [1.165, 1.54) is 30.2 Å². The van der Waals surface area contributed by atoms with Gasteiger partial charge in [0.05, 0.1) is 24.1 Å². The first-order valence-corrected chi connectivity index (χ1v) is 13.0. The van der Waals surface area contributed by atoms with E-state index in [4.69, 9.17) is 16.3 Å². The van der Waals surface area contributed by atoms with E-state index >= 15 is 0 Å². The summed E-state index contributed by atoms with van der Waals surface area (Å²) in [4.78, 5) is 27.6. The van der Waals surface area contributed by atoms with Crippen molar-refractivity contribution < 1.29 is 22.7 Å². The van der Waals surface area contributed by atoms with Crippen molar-refractivity contribution in [1.29, 1.82) is 0 Å². The fraction of sp³-hybridized carbons (Fsp3) is 0.417. The molecule has 8 nitrogen and oxygen atoms in total. The highest BCUT2D eigenvalue weighted by Crippen LogP contribution is 2.30. The summed E-state index contributed by atoms with van der Waals surface area (Å²) in [6, 6.07) is 11.1. The van der Waals surface area contributed by atoms with Crippen molar-refractivity contribution in [3.63, 3.8) is 0 Å². The first-order valence-electron chi connectivity index (χ1n) is 10.8. The molecular weight excluding hydrogens is 478 g/mol. The van der Waals surface area contributed by atoms with Crippen molar-refractivity contribution in [2.75, 3.05) is 24.2 Å². The molecule has 0 bridgehead atoms. The van der Waals surface area contributed by atoms with Crippen molar-refractivity contribution in [3.8, 4) is 5.75 Å². The minimum absolute atomic E-state index is 0.111. The first kappa shape index (κ1) is 27.5. The number of sulfonamides is 1. The molecule has 0 heterocycles. The van der Waals surface area contributed by atoms with Gasteiger partial charge in [0.2, 0.25) is 21.8 Å². The molecule has 34 heavy (non-hydrogen) atoms. The number of hydrogen-bond donors (Lipinski definition) is 1. The smallest absolute Gasteiger partial charge is 0.244 e. The fourth-order valence-electron chi connectivity index (χ4n) is 3.42. The van der Waals surface area contributed by atoms with Crippen LogP contribution in [0.25, 0.3) is 0 Å². The van der Waals surface area contributed by atoms with Gasteiger partial charge in [0.25, 0.3) is 0 Å². The fourth-order valence-corrected chi connectivity index (χ4v) is 4.51. The van der Waals surface area contributed by atoms with Gasteiger partial charge in [-0.3, -0.25) is 13.9 Å². The predicted molar refractivity (Wildman–Crippen MR) is 135 cm³/mol. The number of methoxy groups -OCH3 is 1. The van der Waals surface area contributed by atoms with Gasteiger partial charge >= 0.3 is 0 Å². The SMILES string of the molecule is COc1ccc(N(CC(=O)N(Cc2cccc(C)c2)[C@@H](C)C(=O)NC(C)C)S(C)(=O)=O)cc1Cl. The summed E-state index contributed by atoms with van der Waals surface area (Å²) in [6.07, 6.45) is 1.01. The molecule has 0 aliphatic heterocycles. The van der Waals surface area contributed by atoms with Gasteiger partial charge in [-0.25, -0.2) is 8.42 Å². The van der Waals surface area contributed by atoms with Gasteiger partial charge in [-0.2, -0.15) is 0 Å². The number of nitrogens with one attached hydrogen (secondary N) is 1. The Hall–Kier alpha value is -2.78. The minimum atomic E-state index is -3.84. The van der Waals surface area contributed by atoms with Gasteiger partial charge in [0.15, 0.2) is 0 Å². The van der Waals surface area contributed by atoms with Crippen LogP contribution in [0.4, 0.5) is 5.69 Å². The van der Waals surface area contributed by atoms with Crippen LogP contribution in [0, 0.1) is 6.92 Å². The zero-order valence-corrected chi connectivity index (χ0v) is 21.9. The normalized spacial score (nSPS) is 12.2. The number of amides is 2. The second-order valence-electron chi connectivity index (χ2n) is 8.44. The number of ether oxygens (including phenoxy) is 1. The van der Waals surface area contributed by atoms with Crippen LogP contribution < -0.4 is 14.4 Å². The van der Waals surface area contributed by atoms with E-state index in [0.29, 0.717) is 5.75 Å². The molecule has 1 N–H and O–H groups in total. The number of hydrogen-bond acceptors (Lipinski definition) is 5. The maximum atomic E-state index is 13.5. The van der Waals surface area contributed by atoms with Crippen molar-refractivity contribution in [1.82, 2.24) is 10.2 Å². The van der Waals surface area contributed by atoms with E-state index in [1.807, 2.05) is 45.0 Å². The van der Waals surface area contributed by atoms with E-state index in [0.717, 1.165) is 21.7 Å². The van der Waals surface area contributed by atoms with Crippen LogP contribution in [0.1, 0.15) is 31.9 Å².